The predicted octanol–water partition coefficient (Wildman–Crippen LogP) is 0.232. The van der Waals surface area contributed by atoms with Crippen LogP contribution in [0.15, 0.2) is 0 Å². The van der Waals surface area contributed by atoms with Gasteiger partial charge in [-0.2, -0.15) is 0 Å². The molecule has 7 heavy (non-hydrogen) atoms. The Balaban J connectivity index is 0. The van der Waals surface area contributed by atoms with E-state index in [9.17, 15) is 0 Å². The minimum Gasteiger partial charge on any atom is -0.328 e. The van der Waals surface area contributed by atoms with Gasteiger partial charge < -0.3 is 14.3 Å². The van der Waals surface area contributed by atoms with Gasteiger partial charge in [0.25, 0.3) is 0 Å². The van der Waals surface area contributed by atoms with Crippen molar-refractivity contribution >= 4 is 8.60 Å². The molecule has 0 heterocycles. The number of hydrogen-bond donors (Lipinski definition) is 2. The maximum absolute atomic E-state index is 7.95. The van der Waals surface area contributed by atoms with E-state index in [1.807, 2.05) is 0 Å². The maximum Gasteiger partial charge on any atom is 0.327 e. The van der Waals surface area contributed by atoms with Gasteiger partial charge in [0.1, 0.15) is 0 Å². The summed E-state index contributed by atoms with van der Waals surface area (Å²) in [5, 5.41) is 0. The largest absolute Gasteiger partial charge is 0.328 e. The summed E-state index contributed by atoms with van der Waals surface area (Å²) in [7, 11) is -2.10. The van der Waals surface area contributed by atoms with E-state index in [-0.39, 0.29) is 19.5 Å². The van der Waals surface area contributed by atoms with E-state index in [0.717, 1.165) is 0 Å². The Bertz CT molecular complexity index is 34.1. The standard InChI is InChI=1S/C2H7O3P.Zn/c1-2-5-6(3)4;/h3-4H,2H2,1H3;. The molecule has 40 valence electrons. The molecule has 0 unspecified atom stereocenters. The van der Waals surface area contributed by atoms with Crippen molar-refractivity contribution in [2.45, 2.75) is 6.92 Å². The van der Waals surface area contributed by atoms with Gasteiger partial charge in [-0.05, 0) is 6.92 Å². The zero-order chi connectivity index (χ0) is 4.99. The van der Waals surface area contributed by atoms with Gasteiger partial charge in [-0.25, -0.2) is 0 Å². The second-order valence-electron chi connectivity index (χ2n) is 0.671. The summed E-state index contributed by atoms with van der Waals surface area (Å²) in [6.07, 6.45) is 0. The van der Waals surface area contributed by atoms with Gasteiger partial charge in [-0.15, -0.1) is 0 Å². The zero-order valence-corrected chi connectivity index (χ0v) is 8.03. The third-order valence-corrected chi connectivity index (χ3v) is 0.734. The van der Waals surface area contributed by atoms with Gasteiger partial charge in [-0.1, -0.05) is 0 Å². The molecule has 0 rings (SSSR count). The smallest absolute Gasteiger partial charge is 0.327 e. The Labute approximate surface area is 56.4 Å². The van der Waals surface area contributed by atoms with Gasteiger partial charge in [-0.3, -0.25) is 0 Å². The Morgan fingerprint density at radius 2 is 2.00 bits per heavy atom. The van der Waals surface area contributed by atoms with Crippen LogP contribution in [0.1, 0.15) is 6.92 Å². The molecule has 0 aromatic heterocycles. The summed E-state index contributed by atoms with van der Waals surface area (Å²) in [6.45, 7) is 2.06. The Morgan fingerprint density at radius 3 is 2.00 bits per heavy atom. The van der Waals surface area contributed by atoms with Crippen LogP contribution < -0.4 is 0 Å². The first-order valence-electron chi connectivity index (χ1n) is 1.58. The molecular weight excluding hydrogens is 168 g/mol. The summed E-state index contributed by atoms with van der Waals surface area (Å²) in [4.78, 5) is 15.9. The molecule has 0 amide bonds. The van der Waals surface area contributed by atoms with Crippen molar-refractivity contribution in [1.82, 2.24) is 0 Å². The molecule has 0 aromatic rings. The van der Waals surface area contributed by atoms with E-state index in [2.05, 4.69) is 4.52 Å². The van der Waals surface area contributed by atoms with E-state index < -0.39 is 8.60 Å². The van der Waals surface area contributed by atoms with E-state index in [0.29, 0.717) is 6.61 Å². The topological polar surface area (TPSA) is 49.7 Å². The summed E-state index contributed by atoms with van der Waals surface area (Å²) in [5.41, 5.74) is 0. The van der Waals surface area contributed by atoms with Crippen LogP contribution in [0, 0.1) is 0 Å². The van der Waals surface area contributed by atoms with E-state index >= 15 is 0 Å². The van der Waals surface area contributed by atoms with Crippen molar-refractivity contribution < 1.29 is 33.8 Å². The normalized spacial score (nSPS) is 8.57. The van der Waals surface area contributed by atoms with Crippen molar-refractivity contribution in [3.8, 4) is 0 Å². The SMILES string of the molecule is CCOP(O)O.[Zn]. The first-order valence-corrected chi connectivity index (χ1v) is 2.74. The monoisotopic (exact) mass is 174 g/mol. The first-order chi connectivity index (χ1) is 2.77. The van der Waals surface area contributed by atoms with Crippen molar-refractivity contribution in [2.75, 3.05) is 6.61 Å². The molecule has 0 saturated heterocycles. The molecule has 0 radical (unpaired) electrons. The van der Waals surface area contributed by atoms with Gasteiger partial charge in [0.15, 0.2) is 0 Å². The second-order valence-corrected chi connectivity index (χ2v) is 1.43. The van der Waals surface area contributed by atoms with Gasteiger partial charge in [0, 0.05) is 19.5 Å². The molecule has 5 heteroatoms. The minimum atomic E-state index is -2.10. The fourth-order valence-corrected chi connectivity index (χ4v) is 0.346. The van der Waals surface area contributed by atoms with Gasteiger partial charge in [0.05, 0.1) is 6.61 Å². The van der Waals surface area contributed by atoms with E-state index in [1.54, 1.807) is 6.92 Å². The maximum atomic E-state index is 7.95. The zero-order valence-electron chi connectivity index (χ0n) is 4.16. The Kier molecular flexibility index (Phi) is 10.7. The summed E-state index contributed by atoms with van der Waals surface area (Å²) in [5.74, 6) is 0. The molecule has 0 aliphatic rings. The number of hydrogen-bond acceptors (Lipinski definition) is 3. The second kappa shape index (κ2) is 6.93. The summed E-state index contributed by atoms with van der Waals surface area (Å²) < 4.78 is 4.22. The molecule has 0 fully saturated rings. The fraction of sp³-hybridized carbons (Fsp3) is 1.00. The van der Waals surface area contributed by atoms with Crippen molar-refractivity contribution in [3.63, 3.8) is 0 Å². The van der Waals surface area contributed by atoms with E-state index in [4.69, 9.17) is 9.79 Å². The molecule has 0 aliphatic heterocycles. The van der Waals surface area contributed by atoms with Crippen LogP contribution in [-0.4, -0.2) is 16.4 Å². The molecule has 3 nitrogen and oxygen atoms in total. The van der Waals surface area contributed by atoms with Crippen LogP contribution in [0.4, 0.5) is 0 Å². The van der Waals surface area contributed by atoms with Gasteiger partial charge >= 0.3 is 8.60 Å². The molecule has 2 N–H and O–H groups in total. The Hall–Kier alpha value is 0.933. The average Bonchev–Trinajstić information content (AvgIpc) is 1.35. The van der Waals surface area contributed by atoms with Crippen molar-refractivity contribution in [3.05, 3.63) is 0 Å². The molecule has 0 bridgehead atoms. The Morgan fingerprint density at radius 1 is 1.57 bits per heavy atom. The average molecular weight is 175 g/mol. The van der Waals surface area contributed by atoms with E-state index in [1.165, 1.54) is 0 Å². The van der Waals surface area contributed by atoms with Crippen LogP contribution in [0.3, 0.4) is 0 Å². The number of rotatable bonds is 2. The fourth-order valence-electron chi connectivity index (χ4n) is 0.115. The van der Waals surface area contributed by atoms with Crippen LogP contribution in [0.25, 0.3) is 0 Å². The third kappa shape index (κ3) is 10.9. The van der Waals surface area contributed by atoms with Crippen molar-refractivity contribution in [2.24, 2.45) is 0 Å². The molecule has 0 saturated carbocycles. The van der Waals surface area contributed by atoms with Crippen LogP contribution in [0.5, 0.6) is 0 Å². The van der Waals surface area contributed by atoms with Crippen LogP contribution in [0.2, 0.25) is 0 Å². The predicted molar refractivity (Wildman–Crippen MR) is 23.0 cm³/mol. The quantitative estimate of drug-likeness (QED) is 0.467. The molecular formula is C2H7O3PZn. The van der Waals surface area contributed by atoms with Crippen LogP contribution >= 0.6 is 8.60 Å². The van der Waals surface area contributed by atoms with Crippen molar-refractivity contribution in [1.29, 1.82) is 0 Å². The molecule has 0 atom stereocenters. The summed E-state index contributed by atoms with van der Waals surface area (Å²) >= 11 is 0. The summed E-state index contributed by atoms with van der Waals surface area (Å²) in [6, 6.07) is 0. The molecule has 0 spiro atoms. The molecule has 0 aliphatic carbocycles. The first kappa shape index (κ1) is 10.8. The minimum absolute atomic E-state index is 0. The third-order valence-electron chi connectivity index (χ3n) is 0.245. The molecule has 0 aromatic carbocycles. The van der Waals surface area contributed by atoms with Crippen LogP contribution in [-0.2, 0) is 24.0 Å². The van der Waals surface area contributed by atoms with Gasteiger partial charge in [0.2, 0.25) is 0 Å².